The van der Waals surface area contributed by atoms with E-state index < -0.39 is 6.43 Å². The molecule has 0 unspecified atom stereocenters. The summed E-state index contributed by atoms with van der Waals surface area (Å²) in [7, 11) is 0. The lowest BCUT2D eigenvalue weighted by Crippen LogP contribution is -1.88. The molecule has 2 rings (SSSR count). The molecular weight excluding hydrogens is 257 g/mol. The molecule has 0 atom stereocenters. The predicted octanol–water partition coefficient (Wildman–Crippen LogP) is 4.32. The summed E-state index contributed by atoms with van der Waals surface area (Å²) >= 11 is 11.8. The van der Waals surface area contributed by atoms with Gasteiger partial charge in [0.05, 0.1) is 15.7 Å². The number of halogens is 4. The second-order valence-corrected chi connectivity index (χ2v) is 3.93. The Morgan fingerprint density at radius 3 is 2.25 bits per heavy atom. The Balaban J connectivity index is 2.56. The van der Waals surface area contributed by atoms with Crippen LogP contribution in [0.4, 0.5) is 8.78 Å². The van der Waals surface area contributed by atoms with Crippen LogP contribution in [0.1, 0.15) is 12.0 Å². The standard InChI is InChI=1S/C10H6Cl2F2N2/c11-6-3-5(10(13)14)4-7(12)9(6)8-1-2-15-16-8/h1-4,10H,(H,15,16). The highest BCUT2D eigenvalue weighted by Crippen LogP contribution is 2.36. The molecule has 1 aromatic heterocycles. The van der Waals surface area contributed by atoms with Gasteiger partial charge in [-0.05, 0) is 18.2 Å². The van der Waals surface area contributed by atoms with E-state index in [1.54, 1.807) is 12.3 Å². The normalized spacial score (nSPS) is 11.1. The van der Waals surface area contributed by atoms with Crippen molar-refractivity contribution in [3.63, 3.8) is 0 Å². The van der Waals surface area contributed by atoms with E-state index in [1.165, 1.54) is 12.1 Å². The zero-order valence-corrected chi connectivity index (χ0v) is 9.36. The molecule has 84 valence electrons. The molecule has 6 heteroatoms. The van der Waals surface area contributed by atoms with E-state index in [2.05, 4.69) is 10.2 Å². The van der Waals surface area contributed by atoms with E-state index in [-0.39, 0.29) is 15.6 Å². The van der Waals surface area contributed by atoms with Gasteiger partial charge in [-0.3, -0.25) is 5.10 Å². The molecule has 0 radical (unpaired) electrons. The average Bonchev–Trinajstić information content (AvgIpc) is 2.69. The molecule has 2 nitrogen and oxygen atoms in total. The first-order valence-electron chi connectivity index (χ1n) is 4.37. The Morgan fingerprint density at radius 2 is 1.81 bits per heavy atom. The second-order valence-electron chi connectivity index (χ2n) is 3.12. The topological polar surface area (TPSA) is 28.7 Å². The van der Waals surface area contributed by atoms with Crippen molar-refractivity contribution >= 4 is 23.2 Å². The number of nitrogens with one attached hydrogen (secondary N) is 1. The number of H-pyrrole nitrogens is 1. The molecule has 16 heavy (non-hydrogen) atoms. The molecule has 1 heterocycles. The van der Waals surface area contributed by atoms with Gasteiger partial charge in [0.2, 0.25) is 0 Å². The minimum Gasteiger partial charge on any atom is -0.285 e. The van der Waals surface area contributed by atoms with Crippen LogP contribution in [0.15, 0.2) is 24.4 Å². The highest BCUT2D eigenvalue weighted by molar-refractivity contribution is 6.39. The Labute approximate surface area is 100 Å². The summed E-state index contributed by atoms with van der Waals surface area (Å²) < 4.78 is 24.9. The Hall–Kier alpha value is -1.13. The number of alkyl halides is 2. The van der Waals surface area contributed by atoms with Crippen LogP contribution >= 0.6 is 23.2 Å². The van der Waals surface area contributed by atoms with Crippen molar-refractivity contribution in [3.05, 3.63) is 40.0 Å². The van der Waals surface area contributed by atoms with Gasteiger partial charge in [0, 0.05) is 17.3 Å². The third kappa shape index (κ3) is 2.03. The van der Waals surface area contributed by atoms with E-state index >= 15 is 0 Å². The van der Waals surface area contributed by atoms with E-state index in [4.69, 9.17) is 23.2 Å². The largest absolute Gasteiger partial charge is 0.285 e. The molecule has 0 amide bonds. The molecule has 0 spiro atoms. The number of nitrogens with zero attached hydrogens (tertiary/aromatic N) is 1. The van der Waals surface area contributed by atoms with E-state index in [1.807, 2.05) is 0 Å². The van der Waals surface area contributed by atoms with Crippen molar-refractivity contribution in [1.29, 1.82) is 0 Å². The SMILES string of the molecule is FC(F)c1cc(Cl)c(-c2cc[nH]n2)c(Cl)c1. The van der Waals surface area contributed by atoms with Crippen LogP contribution in [-0.2, 0) is 0 Å². The number of benzene rings is 1. The quantitative estimate of drug-likeness (QED) is 0.858. The summed E-state index contributed by atoms with van der Waals surface area (Å²) in [6, 6.07) is 4.05. The molecule has 1 aromatic carbocycles. The van der Waals surface area contributed by atoms with Gasteiger partial charge in [-0.15, -0.1) is 0 Å². The number of hydrogen-bond donors (Lipinski definition) is 1. The zero-order valence-electron chi connectivity index (χ0n) is 7.85. The fourth-order valence-corrected chi connectivity index (χ4v) is 2.06. The number of aromatic amines is 1. The van der Waals surface area contributed by atoms with Gasteiger partial charge in [0.1, 0.15) is 0 Å². The molecule has 2 aromatic rings. The van der Waals surface area contributed by atoms with E-state index in [0.29, 0.717) is 11.3 Å². The molecule has 0 aliphatic rings. The molecule has 0 aliphatic heterocycles. The van der Waals surface area contributed by atoms with Crippen molar-refractivity contribution in [1.82, 2.24) is 10.2 Å². The van der Waals surface area contributed by atoms with Crippen LogP contribution in [0.2, 0.25) is 10.0 Å². The summed E-state index contributed by atoms with van der Waals surface area (Å²) in [4.78, 5) is 0. The highest BCUT2D eigenvalue weighted by atomic mass is 35.5. The Bertz CT molecular complexity index is 475. The molecule has 0 bridgehead atoms. The number of aromatic nitrogens is 2. The minimum absolute atomic E-state index is 0.162. The minimum atomic E-state index is -2.59. The van der Waals surface area contributed by atoms with Crippen molar-refractivity contribution in [3.8, 4) is 11.3 Å². The molecule has 0 aliphatic carbocycles. The van der Waals surface area contributed by atoms with Crippen LogP contribution < -0.4 is 0 Å². The molecule has 0 saturated heterocycles. The van der Waals surface area contributed by atoms with Gasteiger partial charge >= 0.3 is 0 Å². The van der Waals surface area contributed by atoms with Crippen LogP contribution in [0, 0.1) is 0 Å². The van der Waals surface area contributed by atoms with Crippen molar-refractivity contribution in [2.45, 2.75) is 6.43 Å². The first kappa shape index (κ1) is 11.4. The van der Waals surface area contributed by atoms with Crippen molar-refractivity contribution < 1.29 is 8.78 Å². The third-order valence-electron chi connectivity index (χ3n) is 2.07. The summed E-state index contributed by atoms with van der Waals surface area (Å²) in [6.45, 7) is 0. The molecular formula is C10H6Cl2F2N2. The van der Waals surface area contributed by atoms with Crippen LogP contribution in [0.25, 0.3) is 11.3 Å². The first-order chi connectivity index (χ1) is 7.59. The van der Waals surface area contributed by atoms with E-state index in [9.17, 15) is 8.78 Å². The lowest BCUT2D eigenvalue weighted by molar-refractivity contribution is 0.151. The maximum atomic E-state index is 12.5. The summed E-state index contributed by atoms with van der Waals surface area (Å²) in [6.07, 6.45) is -0.994. The summed E-state index contributed by atoms with van der Waals surface area (Å²) in [5, 5.41) is 6.83. The monoisotopic (exact) mass is 262 g/mol. The zero-order chi connectivity index (χ0) is 11.7. The van der Waals surface area contributed by atoms with E-state index in [0.717, 1.165) is 0 Å². The number of hydrogen-bond acceptors (Lipinski definition) is 1. The fourth-order valence-electron chi connectivity index (χ4n) is 1.36. The lowest BCUT2D eigenvalue weighted by atomic mass is 10.1. The maximum Gasteiger partial charge on any atom is 0.263 e. The smallest absolute Gasteiger partial charge is 0.263 e. The lowest BCUT2D eigenvalue weighted by Gasteiger charge is -2.07. The Kier molecular flexibility index (Phi) is 3.12. The fraction of sp³-hybridized carbons (Fsp3) is 0.100. The van der Waals surface area contributed by atoms with Crippen LogP contribution in [0.5, 0.6) is 0 Å². The van der Waals surface area contributed by atoms with Crippen molar-refractivity contribution in [2.24, 2.45) is 0 Å². The van der Waals surface area contributed by atoms with Gasteiger partial charge in [-0.2, -0.15) is 5.10 Å². The first-order valence-corrected chi connectivity index (χ1v) is 5.12. The van der Waals surface area contributed by atoms with Crippen LogP contribution in [-0.4, -0.2) is 10.2 Å². The van der Waals surface area contributed by atoms with Gasteiger partial charge in [-0.25, -0.2) is 8.78 Å². The van der Waals surface area contributed by atoms with Crippen molar-refractivity contribution in [2.75, 3.05) is 0 Å². The summed E-state index contributed by atoms with van der Waals surface area (Å²) in [5.74, 6) is 0. The third-order valence-corrected chi connectivity index (χ3v) is 2.67. The average molecular weight is 263 g/mol. The second kappa shape index (κ2) is 4.39. The van der Waals surface area contributed by atoms with Gasteiger partial charge in [-0.1, -0.05) is 23.2 Å². The number of rotatable bonds is 2. The molecule has 0 saturated carbocycles. The predicted molar refractivity (Wildman–Crippen MR) is 59.0 cm³/mol. The van der Waals surface area contributed by atoms with Gasteiger partial charge in [0.25, 0.3) is 6.43 Å². The van der Waals surface area contributed by atoms with Gasteiger partial charge < -0.3 is 0 Å². The molecule has 0 fully saturated rings. The van der Waals surface area contributed by atoms with Crippen LogP contribution in [0.3, 0.4) is 0 Å². The van der Waals surface area contributed by atoms with Gasteiger partial charge in [0.15, 0.2) is 0 Å². The summed E-state index contributed by atoms with van der Waals surface area (Å²) in [5.41, 5.74) is 0.777. The maximum absolute atomic E-state index is 12.5. The molecule has 1 N–H and O–H groups in total. The highest BCUT2D eigenvalue weighted by Gasteiger charge is 2.16. The Morgan fingerprint density at radius 1 is 1.19 bits per heavy atom.